The third kappa shape index (κ3) is 4.58. The molecule has 32 heavy (non-hydrogen) atoms. The zero-order chi connectivity index (χ0) is 23.8. The maximum Gasteiger partial charge on any atom is 0.337 e. The molecule has 2 aromatic carbocycles. The minimum absolute atomic E-state index is 0.00337. The number of carbonyl (C=O) groups excluding carboxylic acids is 2. The van der Waals surface area contributed by atoms with Crippen molar-refractivity contribution >= 4 is 48.6 Å². The summed E-state index contributed by atoms with van der Waals surface area (Å²) in [6, 6.07) is 5.45. The molecule has 1 heterocycles. The van der Waals surface area contributed by atoms with Crippen LogP contribution in [0.25, 0.3) is 10.8 Å². The summed E-state index contributed by atoms with van der Waals surface area (Å²) in [5, 5.41) is 11.8. The minimum atomic E-state index is -4.84. The molecule has 0 saturated heterocycles. The first-order valence-corrected chi connectivity index (χ1v) is 11.8. The summed E-state index contributed by atoms with van der Waals surface area (Å²) in [4.78, 5) is 24.4. The third-order valence-electron chi connectivity index (χ3n) is 4.69. The largest absolute Gasteiger partial charge is 0.466 e. The number of nitrogens with one attached hydrogen (secondary N) is 1. The van der Waals surface area contributed by atoms with Crippen LogP contribution >= 0.6 is 0 Å². The van der Waals surface area contributed by atoms with E-state index in [1.807, 2.05) is 0 Å². The van der Waals surface area contributed by atoms with Crippen molar-refractivity contribution < 1.29 is 45.4 Å². The van der Waals surface area contributed by atoms with Crippen LogP contribution in [0.4, 0.5) is 5.69 Å². The second-order valence-corrected chi connectivity index (χ2v) is 9.54. The van der Waals surface area contributed by atoms with Crippen LogP contribution in [0.2, 0.25) is 0 Å². The fourth-order valence-corrected chi connectivity index (χ4v) is 4.60. The molecule has 14 heteroatoms. The van der Waals surface area contributed by atoms with Crippen molar-refractivity contribution in [1.29, 1.82) is 0 Å². The number of benzene rings is 2. The molecule has 0 fully saturated rings. The number of rotatable bonds is 7. The topological polar surface area (TPSA) is 188 Å². The molecule has 0 aliphatic carbocycles. The molecule has 2 aromatic rings. The number of hydrogen-bond donors (Lipinski definition) is 4. The van der Waals surface area contributed by atoms with E-state index in [4.69, 9.17) is 5.11 Å². The van der Waals surface area contributed by atoms with Gasteiger partial charge < -0.3 is 20.1 Å². The van der Waals surface area contributed by atoms with Crippen molar-refractivity contribution in [2.45, 2.75) is 9.79 Å². The van der Waals surface area contributed by atoms with Gasteiger partial charge in [0, 0.05) is 17.6 Å². The second kappa shape index (κ2) is 8.48. The molecule has 3 rings (SSSR count). The van der Waals surface area contributed by atoms with Gasteiger partial charge in [-0.05, 0) is 29.7 Å². The molecular weight excluding hydrogens is 468 g/mol. The maximum atomic E-state index is 12.6. The summed E-state index contributed by atoms with van der Waals surface area (Å²) in [6.07, 6.45) is 0. The summed E-state index contributed by atoms with van der Waals surface area (Å²) in [5.74, 6) is -1.37. The van der Waals surface area contributed by atoms with Crippen molar-refractivity contribution in [2.24, 2.45) is 0 Å². The number of aliphatic hydroxyl groups is 1. The van der Waals surface area contributed by atoms with Crippen LogP contribution in [-0.4, -0.2) is 74.6 Å². The number of carbonyl (C=O) groups is 2. The van der Waals surface area contributed by atoms with Crippen LogP contribution in [0.15, 0.2) is 51.4 Å². The van der Waals surface area contributed by atoms with Crippen LogP contribution in [0.1, 0.15) is 0 Å². The van der Waals surface area contributed by atoms with Crippen molar-refractivity contribution in [1.82, 2.24) is 4.90 Å². The number of methoxy groups -OCH3 is 1. The molecule has 0 unspecified atom stereocenters. The smallest absolute Gasteiger partial charge is 0.337 e. The first kappa shape index (κ1) is 23.6. The zero-order valence-corrected chi connectivity index (χ0v) is 18.1. The van der Waals surface area contributed by atoms with E-state index in [1.165, 1.54) is 23.1 Å². The molecule has 1 aliphatic heterocycles. The molecule has 4 N–H and O–H groups in total. The molecule has 0 atom stereocenters. The van der Waals surface area contributed by atoms with Gasteiger partial charge in [0.25, 0.3) is 26.1 Å². The molecule has 0 bridgehead atoms. The van der Waals surface area contributed by atoms with Gasteiger partial charge >= 0.3 is 5.97 Å². The zero-order valence-electron chi connectivity index (χ0n) is 16.5. The summed E-state index contributed by atoms with van der Waals surface area (Å²) in [7, 11) is -8.52. The third-order valence-corrected chi connectivity index (χ3v) is 6.41. The standard InChI is InChI=1S/C18H18N2O10S2/c1-30-18(23)14-9-20(4-5-21)17(22)16(14)19-11-2-3-13-10(6-11)7-12(31(24,25)26)8-15(13)32(27,28)29/h2-3,6-8,19,21H,4-5,9H2,1H3,(H,24,25,26)(H,27,28,29). The normalized spacial score (nSPS) is 14.9. The SMILES string of the molecule is COC(=O)C1=C(Nc2ccc3c(S(=O)(=O)O)cc(S(=O)(=O)O)cc3c2)C(=O)N(CCO)C1. The Morgan fingerprint density at radius 1 is 1.12 bits per heavy atom. The van der Waals surface area contributed by atoms with E-state index in [0.717, 1.165) is 13.2 Å². The highest BCUT2D eigenvalue weighted by molar-refractivity contribution is 7.86. The molecule has 0 saturated carbocycles. The lowest BCUT2D eigenvalue weighted by atomic mass is 10.1. The molecule has 0 radical (unpaired) electrons. The lowest BCUT2D eigenvalue weighted by molar-refractivity contribution is -0.136. The fourth-order valence-electron chi connectivity index (χ4n) is 3.24. The Morgan fingerprint density at radius 3 is 2.38 bits per heavy atom. The summed E-state index contributed by atoms with van der Waals surface area (Å²) in [5.41, 5.74) is 0.0313. The number of anilines is 1. The van der Waals surface area contributed by atoms with E-state index >= 15 is 0 Å². The van der Waals surface area contributed by atoms with Crippen LogP contribution in [-0.2, 0) is 34.6 Å². The van der Waals surface area contributed by atoms with Gasteiger partial charge in [-0.3, -0.25) is 13.9 Å². The quantitative estimate of drug-likeness (QED) is 0.305. The van der Waals surface area contributed by atoms with E-state index in [9.17, 15) is 35.5 Å². The van der Waals surface area contributed by atoms with E-state index in [2.05, 4.69) is 10.1 Å². The Kier molecular flexibility index (Phi) is 6.26. The van der Waals surface area contributed by atoms with E-state index in [0.29, 0.717) is 6.07 Å². The molecule has 1 aliphatic rings. The number of nitrogens with zero attached hydrogens (tertiary/aromatic N) is 1. The van der Waals surface area contributed by atoms with Gasteiger partial charge in [-0.25, -0.2) is 4.79 Å². The summed E-state index contributed by atoms with van der Waals surface area (Å²) < 4.78 is 70.0. The van der Waals surface area contributed by atoms with Crippen molar-refractivity contribution in [3.8, 4) is 0 Å². The second-order valence-electron chi connectivity index (χ2n) is 6.73. The van der Waals surface area contributed by atoms with Crippen LogP contribution < -0.4 is 5.32 Å². The fraction of sp³-hybridized carbons (Fsp3) is 0.222. The predicted octanol–water partition coefficient (Wildman–Crippen LogP) is 0.00670. The van der Waals surface area contributed by atoms with Crippen molar-refractivity contribution in [3.63, 3.8) is 0 Å². The highest BCUT2D eigenvalue weighted by atomic mass is 32.2. The number of amides is 1. The summed E-state index contributed by atoms with van der Waals surface area (Å²) in [6.45, 7) is -0.472. The van der Waals surface area contributed by atoms with Gasteiger partial charge in [-0.15, -0.1) is 0 Å². The van der Waals surface area contributed by atoms with Crippen LogP contribution in [0, 0.1) is 0 Å². The lowest BCUT2D eigenvalue weighted by Crippen LogP contribution is -2.31. The van der Waals surface area contributed by atoms with Gasteiger partial charge in [0.2, 0.25) is 0 Å². The lowest BCUT2D eigenvalue weighted by Gasteiger charge is -2.15. The monoisotopic (exact) mass is 486 g/mol. The predicted molar refractivity (Wildman–Crippen MR) is 110 cm³/mol. The molecule has 1 amide bonds. The van der Waals surface area contributed by atoms with Gasteiger partial charge in [-0.1, -0.05) is 6.07 Å². The molecule has 0 spiro atoms. The molecular formula is C18H18N2O10S2. The number of β-amino-alcohol motifs (C(OH)–C–C–N with tert-alkyl or cyclic N) is 1. The molecule has 172 valence electrons. The number of esters is 1. The van der Waals surface area contributed by atoms with Gasteiger partial charge in [0.05, 0.1) is 30.7 Å². The highest BCUT2D eigenvalue weighted by Crippen LogP contribution is 2.31. The van der Waals surface area contributed by atoms with Crippen LogP contribution in [0.5, 0.6) is 0 Å². The number of hydrogen-bond acceptors (Lipinski definition) is 9. The van der Waals surface area contributed by atoms with Gasteiger partial charge in [-0.2, -0.15) is 16.8 Å². The highest BCUT2D eigenvalue weighted by Gasteiger charge is 2.34. The van der Waals surface area contributed by atoms with Crippen LogP contribution in [0.3, 0.4) is 0 Å². The average molecular weight is 486 g/mol. The van der Waals surface area contributed by atoms with Crippen molar-refractivity contribution in [2.75, 3.05) is 32.1 Å². The Bertz CT molecular complexity index is 1360. The summed E-state index contributed by atoms with van der Waals surface area (Å²) >= 11 is 0. The van der Waals surface area contributed by atoms with E-state index in [1.54, 1.807) is 0 Å². The van der Waals surface area contributed by atoms with Gasteiger partial charge in [0.1, 0.15) is 10.6 Å². The Morgan fingerprint density at radius 2 is 1.81 bits per heavy atom. The van der Waals surface area contributed by atoms with E-state index in [-0.39, 0.29) is 47.4 Å². The Hall–Kier alpha value is -3.04. The maximum absolute atomic E-state index is 12.6. The number of ether oxygens (including phenoxy) is 1. The first-order chi connectivity index (χ1) is 14.9. The number of aliphatic hydroxyl groups excluding tert-OH is 1. The molecule has 12 nitrogen and oxygen atoms in total. The number of fused-ring (bicyclic) bond motifs is 1. The van der Waals surface area contributed by atoms with Crippen molar-refractivity contribution in [3.05, 3.63) is 41.6 Å². The van der Waals surface area contributed by atoms with E-state index < -0.39 is 41.9 Å². The minimum Gasteiger partial charge on any atom is -0.466 e. The Balaban J connectivity index is 2.14. The molecule has 0 aromatic heterocycles. The Labute approximate surface area is 182 Å². The first-order valence-electron chi connectivity index (χ1n) is 8.88. The average Bonchev–Trinajstić information content (AvgIpc) is 3.01. The van der Waals surface area contributed by atoms with Gasteiger partial charge in [0.15, 0.2) is 0 Å².